The molecule has 0 spiro atoms. The third-order valence-corrected chi connectivity index (χ3v) is 3.13. The summed E-state index contributed by atoms with van der Waals surface area (Å²) < 4.78 is 0. The number of hydrogen-bond donors (Lipinski definition) is 3. The summed E-state index contributed by atoms with van der Waals surface area (Å²) in [6.45, 7) is 6.13. The van der Waals surface area contributed by atoms with Gasteiger partial charge in [0.2, 0.25) is 5.91 Å². The van der Waals surface area contributed by atoms with Crippen LogP contribution < -0.4 is 11.1 Å². The van der Waals surface area contributed by atoms with Crippen LogP contribution in [0.15, 0.2) is 0 Å². The van der Waals surface area contributed by atoms with Gasteiger partial charge in [-0.1, -0.05) is 26.7 Å². The molecule has 1 amide bonds. The number of aliphatic carboxylic acids is 1. The summed E-state index contributed by atoms with van der Waals surface area (Å²) >= 11 is 0. The van der Waals surface area contributed by atoms with Gasteiger partial charge >= 0.3 is 5.97 Å². The van der Waals surface area contributed by atoms with Gasteiger partial charge in [-0.15, -0.1) is 0 Å². The van der Waals surface area contributed by atoms with Crippen molar-refractivity contribution in [3.05, 3.63) is 0 Å². The fourth-order valence-electron chi connectivity index (χ4n) is 1.86. The Bertz CT molecular complexity index is 252. The summed E-state index contributed by atoms with van der Waals surface area (Å²) in [7, 11) is 0. The molecule has 5 heteroatoms. The van der Waals surface area contributed by atoms with Gasteiger partial charge in [0.1, 0.15) is 0 Å². The number of hydrogen-bond acceptors (Lipinski definition) is 3. The molecule has 0 heterocycles. The highest BCUT2D eigenvalue weighted by atomic mass is 16.4. The van der Waals surface area contributed by atoms with Crippen LogP contribution in [0.3, 0.4) is 0 Å². The number of carboxylic acid groups (broad SMARTS) is 1. The smallest absolute Gasteiger partial charge is 0.303 e. The third-order valence-electron chi connectivity index (χ3n) is 3.13. The molecule has 5 nitrogen and oxygen atoms in total. The molecule has 100 valence electrons. The van der Waals surface area contributed by atoms with Gasteiger partial charge in [0.25, 0.3) is 0 Å². The van der Waals surface area contributed by atoms with Crippen LogP contribution in [0.1, 0.15) is 46.5 Å². The Morgan fingerprint density at radius 1 is 1.29 bits per heavy atom. The summed E-state index contributed by atoms with van der Waals surface area (Å²) in [4.78, 5) is 22.0. The molecule has 0 saturated carbocycles. The minimum atomic E-state index is -0.929. The largest absolute Gasteiger partial charge is 0.481 e. The normalized spacial score (nSPS) is 14.4. The first-order chi connectivity index (χ1) is 7.92. The fourth-order valence-corrected chi connectivity index (χ4v) is 1.86. The van der Waals surface area contributed by atoms with Crippen LogP contribution in [0.5, 0.6) is 0 Å². The van der Waals surface area contributed by atoms with Crippen molar-refractivity contribution in [1.29, 1.82) is 0 Å². The second-order valence-corrected chi connectivity index (χ2v) is 4.41. The lowest BCUT2D eigenvalue weighted by Crippen LogP contribution is -2.46. The van der Waals surface area contributed by atoms with E-state index in [1.54, 1.807) is 0 Å². The van der Waals surface area contributed by atoms with Gasteiger partial charge in [-0.2, -0.15) is 0 Å². The van der Waals surface area contributed by atoms with Gasteiger partial charge in [-0.25, -0.2) is 0 Å². The van der Waals surface area contributed by atoms with Crippen molar-refractivity contribution < 1.29 is 14.7 Å². The summed E-state index contributed by atoms with van der Waals surface area (Å²) in [5.41, 5.74) is 5.62. The highest BCUT2D eigenvalue weighted by Crippen LogP contribution is 2.12. The van der Waals surface area contributed by atoms with Crippen molar-refractivity contribution >= 4 is 11.9 Å². The van der Waals surface area contributed by atoms with Crippen LogP contribution in [0.2, 0.25) is 0 Å². The standard InChI is InChI=1S/C12H24N2O3/c1-4-9(5-2)8(3)14-12(17)10(13)6-7-11(15)16/h8-10H,4-7,13H2,1-3H3,(H,14,17)(H,15,16). The first-order valence-corrected chi connectivity index (χ1v) is 6.20. The number of nitrogens with one attached hydrogen (secondary N) is 1. The number of nitrogens with two attached hydrogens (primary N) is 1. The van der Waals surface area contributed by atoms with Crippen molar-refractivity contribution in [2.75, 3.05) is 0 Å². The van der Waals surface area contributed by atoms with Crippen LogP contribution in [-0.2, 0) is 9.59 Å². The van der Waals surface area contributed by atoms with Crippen LogP contribution >= 0.6 is 0 Å². The lowest BCUT2D eigenvalue weighted by Gasteiger charge is -2.24. The molecule has 0 fully saturated rings. The summed E-state index contributed by atoms with van der Waals surface area (Å²) in [6.07, 6.45) is 2.11. The van der Waals surface area contributed by atoms with Gasteiger partial charge in [0.15, 0.2) is 0 Å². The molecular formula is C12H24N2O3. The van der Waals surface area contributed by atoms with E-state index in [1.807, 2.05) is 6.92 Å². The fraction of sp³-hybridized carbons (Fsp3) is 0.833. The maximum atomic E-state index is 11.7. The average Bonchev–Trinajstić information content (AvgIpc) is 2.27. The van der Waals surface area contributed by atoms with Crippen LogP contribution in [0, 0.1) is 5.92 Å². The zero-order valence-corrected chi connectivity index (χ0v) is 10.9. The van der Waals surface area contributed by atoms with E-state index in [-0.39, 0.29) is 24.8 Å². The van der Waals surface area contributed by atoms with Crippen LogP contribution in [0.4, 0.5) is 0 Å². The number of carbonyl (C=O) groups is 2. The van der Waals surface area contributed by atoms with E-state index >= 15 is 0 Å². The minimum Gasteiger partial charge on any atom is -0.481 e. The molecule has 0 aromatic rings. The Labute approximate surface area is 103 Å². The highest BCUT2D eigenvalue weighted by Gasteiger charge is 2.20. The topological polar surface area (TPSA) is 92.4 Å². The van der Waals surface area contributed by atoms with Crippen molar-refractivity contribution in [1.82, 2.24) is 5.32 Å². The van der Waals surface area contributed by atoms with E-state index in [1.165, 1.54) is 0 Å². The Morgan fingerprint density at radius 2 is 1.82 bits per heavy atom. The van der Waals surface area contributed by atoms with E-state index in [9.17, 15) is 9.59 Å². The van der Waals surface area contributed by atoms with Crippen molar-refractivity contribution in [2.24, 2.45) is 11.7 Å². The van der Waals surface area contributed by atoms with Gasteiger partial charge in [0, 0.05) is 12.5 Å². The predicted octanol–water partition coefficient (Wildman–Crippen LogP) is 1.12. The predicted molar refractivity (Wildman–Crippen MR) is 66.5 cm³/mol. The van der Waals surface area contributed by atoms with Crippen molar-refractivity contribution in [2.45, 2.75) is 58.5 Å². The molecule has 0 bridgehead atoms. The number of carbonyl (C=O) groups excluding carboxylic acids is 1. The molecule has 2 atom stereocenters. The Morgan fingerprint density at radius 3 is 2.24 bits per heavy atom. The molecule has 0 aliphatic rings. The number of rotatable bonds is 8. The van der Waals surface area contributed by atoms with Crippen molar-refractivity contribution in [3.8, 4) is 0 Å². The van der Waals surface area contributed by atoms with E-state index in [2.05, 4.69) is 19.2 Å². The molecule has 0 rings (SSSR count). The monoisotopic (exact) mass is 244 g/mol. The second kappa shape index (κ2) is 8.06. The zero-order valence-electron chi connectivity index (χ0n) is 10.9. The Hall–Kier alpha value is -1.10. The van der Waals surface area contributed by atoms with Crippen LogP contribution in [0.25, 0.3) is 0 Å². The molecule has 0 saturated heterocycles. The average molecular weight is 244 g/mol. The van der Waals surface area contributed by atoms with Gasteiger partial charge in [0.05, 0.1) is 6.04 Å². The maximum absolute atomic E-state index is 11.7. The lowest BCUT2D eigenvalue weighted by molar-refractivity contribution is -0.137. The molecule has 4 N–H and O–H groups in total. The quantitative estimate of drug-likeness (QED) is 0.596. The lowest BCUT2D eigenvalue weighted by atomic mass is 9.95. The molecule has 17 heavy (non-hydrogen) atoms. The molecule has 0 aromatic carbocycles. The number of carboxylic acids is 1. The Balaban J connectivity index is 4.10. The summed E-state index contributed by atoms with van der Waals surface area (Å²) in [6, 6.07) is -0.656. The summed E-state index contributed by atoms with van der Waals surface area (Å²) in [5.74, 6) is -0.752. The number of amides is 1. The third kappa shape index (κ3) is 6.26. The highest BCUT2D eigenvalue weighted by molar-refractivity contribution is 5.82. The molecule has 0 radical (unpaired) electrons. The van der Waals surface area contributed by atoms with E-state index in [4.69, 9.17) is 10.8 Å². The minimum absolute atomic E-state index is 0.0754. The second-order valence-electron chi connectivity index (χ2n) is 4.41. The first-order valence-electron chi connectivity index (χ1n) is 6.20. The van der Waals surface area contributed by atoms with Gasteiger partial charge in [-0.05, 0) is 19.3 Å². The molecule has 0 aliphatic carbocycles. The molecular weight excluding hydrogens is 220 g/mol. The van der Waals surface area contributed by atoms with E-state index in [0.29, 0.717) is 5.92 Å². The van der Waals surface area contributed by atoms with Crippen molar-refractivity contribution in [3.63, 3.8) is 0 Å². The van der Waals surface area contributed by atoms with Gasteiger partial charge < -0.3 is 16.2 Å². The van der Waals surface area contributed by atoms with Crippen LogP contribution in [-0.4, -0.2) is 29.1 Å². The van der Waals surface area contributed by atoms with E-state index in [0.717, 1.165) is 12.8 Å². The molecule has 0 aromatic heterocycles. The summed E-state index contributed by atoms with van der Waals surface area (Å²) in [5, 5.41) is 11.4. The molecule has 2 unspecified atom stereocenters. The molecule has 0 aliphatic heterocycles. The Kier molecular flexibility index (Phi) is 7.54. The zero-order chi connectivity index (χ0) is 13.4. The van der Waals surface area contributed by atoms with E-state index < -0.39 is 12.0 Å². The first kappa shape index (κ1) is 15.9. The SMILES string of the molecule is CCC(CC)C(C)NC(=O)C(N)CCC(=O)O. The van der Waals surface area contributed by atoms with Gasteiger partial charge in [-0.3, -0.25) is 9.59 Å². The maximum Gasteiger partial charge on any atom is 0.303 e.